The lowest BCUT2D eigenvalue weighted by atomic mass is 9.97. The van der Waals surface area contributed by atoms with E-state index in [1.807, 2.05) is 0 Å². The number of aromatic nitrogens is 2. The topological polar surface area (TPSA) is 87.7 Å². The maximum atomic E-state index is 12.8. The number of fused-ring (bicyclic) bond motifs is 3. The SMILES string of the molecule is C#CCOC[C@H](O)CN(CCCOC)Cc1nc2sc3c(c2c(=O)[nH]1)CCCC3. The lowest BCUT2D eigenvalue weighted by Gasteiger charge is -2.24. The van der Waals surface area contributed by atoms with Gasteiger partial charge in [-0.25, -0.2) is 4.98 Å². The first-order valence-electron chi connectivity index (χ1n) is 10.1. The van der Waals surface area contributed by atoms with Crippen molar-refractivity contribution in [2.45, 2.75) is 44.8 Å². The number of aliphatic hydroxyl groups is 1. The Labute approximate surface area is 175 Å². The molecule has 2 N–H and O–H groups in total. The van der Waals surface area contributed by atoms with Crippen LogP contribution in [-0.4, -0.2) is 66.1 Å². The van der Waals surface area contributed by atoms with Crippen LogP contribution in [0.4, 0.5) is 0 Å². The average molecular weight is 420 g/mol. The van der Waals surface area contributed by atoms with Crippen molar-refractivity contribution in [3.63, 3.8) is 0 Å². The second-order valence-corrected chi connectivity index (χ2v) is 8.44. The lowest BCUT2D eigenvalue weighted by Crippen LogP contribution is -2.36. The summed E-state index contributed by atoms with van der Waals surface area (Å²) in [7, 11) is 1.67. The van der Waals surface area contributed by atoms with Crippen molar-refractivity contribution in [3.05, 3.63) is 26.6 Å². The number of H-pyrrole nitrogens is 1. The van der Waals surface area contributed by atoms with Crippen molar-refractivity contribution in [2.24, 2.45) is 0 Å². The highest BCUT2D eigenvalue weighted by Crippen LogP contribution is 2.33. The molecular weight excluding hydrogens is 390 g/mol. The molecule has 2 aromatic rings. The Kier molecular flexibility index (Phi) is 8.21. The first-order chi connectivity index (χ1) is 14.1. The van der Waals surface area contributed by atoms with Gasteiger partial charge in [0.05, 0.1) is 24.6 Å². The Morgan fingerprint density at radius 3 is 3.03 bits per heavy atom. The predicted octanol–water partition coefficient (Wildman–Crippen LogP) is 1.71. The fourth-order valence-corrected chi connectivity index (χ4v) is 5.05. The number of hydrogen-bond acceptors (Lipinski definition) is 7. The molecule has 158 valence electrons. The molecule has 0 amide bonds. The number of aromatic amines is 1. The Morgan fingerprint density at radius 1 is 1.41 bits per heavy atom. The van der Waals surface area contributed by atoms with Gasteiger partial charge >= 0.3 is 0 Å². The number of thiophene rings is 1. The van der Waals surface area contributed by atoms with Crippen LogP contribution in [-0.2, 0) is 28.9 Å². The Hall–Kier alpha value is -1.76. The highest BCUT2D eigenvalue weighted by atomic mass is 32.1. The summed E-state index contributed by atoms with van der Waals surface area (Å²) in [5, 5.41) is 11.0. The van der Waals surface area contributed by atoms with Crippen LogP contribution in [0.5, 0.6) is 0 Å². The van der Waals surface area contributed by atoms with E-state index in [-0.39, 0.29) is 18.8 Å². The monoisotopic (exact) mass is 419 g/mol. The number of terminal acetylenes is 1. The third kappa shape index (κ3) is 5.87. The molecule has 7 nitrogen and oxygen atoms in total. The molecule has 29 heavy (non-hydrogen) atoms. The molecule has 1 atom stereocenters. The largest absolute Gasteiger partial charge is 0.389 e. The van der Waals surface area contributed by atoms with Crippen LogP contribution >= 0.6 is 11.3 Å². The number of hydrogen-bond donors (Lipinski definition) is 2. The molecule has 8 heteroatoms. The maximum absolute atomic E-state index is 12.8. The number of nitrogens with zero attached hydrogens (tertiary/aromatic N) is 2. The van der Waals surface area contributed by atoms with E-state index in [4.69, 9.17) is 20.9 Å². The first-order valence-corrected chi connectivity index (χ1v) is 10.9. The minimum Gasteiger partial charge on any atom is -0.389 e. The summed E-state index contributed by atoms with van der Waals surface area (Å²) < 4.78 is 10.4. The molecule has 0 bridgehead atoms. The summed E-state index contributed by atoms with van der Waals surface area (Å²) in [5.74, 6) is 3.01. The van der Waals surface area contributed by atoms with Crippen molar-refractivity contribution in [1.29, 1.82) is 0 Å². The average Bonchev–Trinajstić information content (AvgIpc) is 3.07. The van der Waals surface area contributed by atoms with Gasteiger partial charge in [0.15, 0.2) is 0 Å². The van der Waals surface area contributed by atoms with E-state index in [0.717, 1.165) is 35.9 Å². The summed E-state index contributed by atoms with van der Waals surface area (Å²) in [6, 6.07) is 0. The van der Waals surface area contributed by atoms with Crippen LogP contribution in [0.3, 0.4) is 0 Å². The maximum Gasteiger partial charge on any atom is 0.259 e. The minimum atomic E-state index is -0.671. The number of rotatable bonds is 11. The summed E-state index contributed by atoms with van der Waals surface area (Å²) in [5.41, 5.74) is 1.13. The van der Waals surface area contributed by atoms with E-state index in [1.165, 1.54) is 16.9 Å². The normalized spacial score (nSPS) is 14.8. The van der Waals surface area contributed by atoms with E-state index in [1.54, 1.807) is 18.4 Å². The molecular formula is C21H29N3O4S. The van der Waals surface area contributed by atoms with Gasteiger partial charge in [-0.15, -0.1) is 17.8 Å². The van der Waals surface area contributed by atoms with E-state index in [0.29, 0.717) is 32.1 Å². The molecule has 1 aliphatic rings. The Balaban J connectivity index is 1.74. The molecule has 0 aromatic carbocycles. The highest BCUT2D eigenvalue weighted by Gasteiger charge is 2.21. The van der Waals surface area contributed by atoms with Gasteiger partial charge < -0.3 is 19.6 Å². The summed E-state index contributed by atoms with van der Waals surface area (Å²) in [6.45, 7) is 2.53. The molecule has 3 rings (SSSR count). The van der Waals surface area contributed by atoms with Crippen LogP contribution in [0.1, 0.15) is 35.5 Å². The molecule has 2 heterocycles. The van der Waals surface area contributed by atoms with Crippen molar-refractivity contribution < 1.29 is 14.6 Å². The predicted molar refractivity (Wildman–Crippen MR) is 114 cm³/mol. The fraction of sp³-hybridized carbons (Fsp3) is 0.619. The molecule has 0 unspecified atom stereocenters. The first kappa shape index (κ1) is 21.9. The van der Waals surface area contributed by atoms with Crippen LogP contribution < -0.4 is 5.56 Å². The molecule has 0 spiro atoms. The number of methoxy groups -OCH3 is 1. The highest BCUT2D eigenvalue weighted by molar-refractivity contribution is 7.18. The molecule has 0 saturated carbocycles. The molecule has 0 fully saturated rings. The smallest absolute Gasteiger partial charge is 0.259 e. The van der Waals surface area contributed by atoms with E-state index in [2.05, 4.69) is 15.8 Å². The second kappa shape index (κ2) is 10.9. The standard InChI is InChI=1S/C21H29N3O4S/c1-3-10-28-14-15(25)12-24(9-6-11-27-2)13-18-22-20(26)19-16-7-4-5-8-17(16)29-21(19)23-18/h1,15,25H,4-14H2,2H3,(H,22,23,26)/t15-/m1/s1. The minimum absolute atomic E-state index is 0.0563. The van der Waals surface area contributed by atoms with E-state index >= 15 is 0 Å². The molecule has 0 aliphatic heterocycles. The Morgan fingerprint density at radius 2 is 2.24 bits per heavy atom. The number of aliphatic hydroxyl groups excluding tert-OH is 1. The van der Waals surface area contributed by atoms with Gasteiger partial charge in [0.2, 0.25) is 0 Å². The lowest BCUT2D eigenvalue weighted by molar-refractivity contribution is 0.0239. The van der Waals surface area contributed by atoms with Crippen molar-refractivity contribution in [2.75, 3.05) is 40.0 Å². The van der Waals surface area contributed by atoms with Crippen molar-refractivity contribution >= 4 is 21.6 Å². The zero-order valence-corrected chi connectivity index (χ0v) is 17.7. The van der Waals surface area contributed by atoms with Crippen LogP contribution in [0.25, 0.3) is 10.2 Å². The number of nitrogens with one attached hydrogen (secondary N) is 1. The van der Waals surface area contributed by atoms with Gasteiger partial charge in [-0.2, -0.15) is 0 Å². The van der Waals surface area contributed by atoms with Crippen LogP contribution in [0, 0.1) is 12.3 Å². The molecule has 0 radical (unpaired) electrons. The van der Waals surface area contributed by atoms with E-state index in [9.17, 15) is 9.90 Å². The second-order valence-electron chi connectivity index (χ2n) is 7.36. The number of ether oxygens (including phenoxy) is 2. The third-order valence-corrected chi connectivity index (χ3v) is 6.22. The van der Waals surface area contributed by atoms with Crippen LogP contribution in [0.2, 0.25) is 0 Å². The zero-order chi connectivity index (χ0) is 20.6. The van der Waals surface area contributed by atoms with Crippen LogP contribution in [0.15, 0.2) is 4.79 Å². The summed E-state index contributed by atoms with van der Waals surface area (Å²) in [6.07, 6.45) is 9.63. The molecule has 0 saturated heterocycles. The van der Waals surface area contributed by atoms with Gasteiger partial charge in [-0.3, -0.25) is 9.69 Å². The molecule has 2 aromatic heterocycles. The third-order valence-electron chi connectivity index (χ3n) is 5.03. The van der Waals surface area contributed by atoms with Gasteiger partial charge in [-0.1, -0.05) is 5.92 Å². The fourth-order valence-electron chi connectivity index (χ4n) is 3.77. The van der Waals surface area contributed by atoms with Crippen molar-refractivity contribution in [3.8, 4) is 12.3 Å². The summed E-state index contributed by atoms with van der Waals surface area (Å²) >= 11 is 1.65. The zero-order valence-electron chi connectivity index (χ0n) is 16.9. The Bertz CT molecular complexity index is 902. The van der Waals surface area contributed by atoms with Gasteiger partial charge in [-0.05, 0) is 37.7 Å². The quantitative estimate of drug-likeness (QED) is 0.426. The van der Waals surface area contributed by atoms with Gasteiger partial charge in [0.1, 0.15) is 17.3 Å². The van der Waals surface area contributed by atoms with Gasteiger partial charge in [0, 0.05) is 31.7 Å². The molecule has 1 aliphatic carbocycles. The van der Waals surface area contributed by atoms with E-state index < -0.39 is 6.10 Å². The van der Waals surface area contributed by atoms with Crippen molar-refractivity contribution in [1.82, 2.24) is 14.9 Å². The summed E-state index contributed by atoms with van der Waals surface area (Å²) in [4.78, 5) is 24.6. The number of aryl methyl sites for hydroxylation is 2. The van der Waals surface area contributed by atoms with Gasteiger partial charge in [0.25, 0.3) is 5.56 Å².